The zero-order valence-electron chi connectivity index (χ0n) is 16.3. The van der Waals surface area contributed by atoms with Crippen molar-refractivity contribution in [1.82, 2.24) is 0 Å². The molecule has 0 N–H and O–H groups in total. The van der Waals surface area contributed by atoms with E-state index < -0.39 is 0 Å². The van der Waals surface area contributed by atoms with Gasteiger partial charge in [-0.25, -0.2) is 4.79 Å². The molecule has 0 fully saturated rings. The fourth-order valence-corrected chi connectivity index (χ4v) is 3.01. The maximum absolute atomic E-state index is 12.3. The third-order valence-electron chi connectivity index (χ3n) is 4.71. The van der Waals surface area contributed by atoms with Crippen LogP contribution in [-0.2, 0) is 12.8 Å². The van der Waals surface area contributed by atoms with E-state index in [0.29, 0.717) is 11.3 Å². The number of hydrogen-bond acceptors (Lipinski definition) is 2. The Kier molecular flexibility index (Phi) is 8.95. The zero-order chi connectivity index (χ0) is 18.6. The summed E-state index contributed by atoms with van der Waals surface area (Å²) in [7, 11) is 0. The lowest BCUT2D eigenvalue weighted by Crippen LogP contribution is -2.08. The number of hydrogen-bond donors (Lipinski definition) is 0. The average Bonchev–Trinajstić information content (AvgIpc) is 2.68. The molecule has 2 nitrogen and oxygen atoms in total. The first-order chi connectivity index (χ1) is 12.7. The molecule has 0 saturated heterocycles. The Morgan fingerprint density at radius 3 is 1.85 bits per heavy atom. The predicted molar refractivity (Wildman–Crippen MR) is 109 cm³/mol. The maximum atomic E-state index is 12.3. The molecule has 0 aliphatic rings. The van der Waals surface area contributed by atoms with E-state index in [1.165, 1.54) is 56.1 Å². The van der Waals surface area contributed by atoms with Gasteiger partial charge in [-0.1, -0.05) is 70.2 Å². The lowest BCUT2D eigenvalue weighted by Gasteiger charge is -2.07. The Labute approximate surface area is 158 Å². The highest BCUT2D eigenvalue weighted by Crippen LogP contribution is 2.17. The molecule has 0 saturated carbocycles. The summed E-state index contributed by atoms with van der Waals surface area (Å²) in [5, 5.41) is 0. The Morgan fingerprint density at radius 1 is 0.692 bits per heavy atom. The van der Waals surface area contributed by atoms with E-state index in [4.69, 9.17) is 4.74 Å². The monoisotopic (exact) mass is 352 g/mol. The van der Waals surface area contributed by atoms with Crippen LogP contribution in [0.3, 0.4) is 0 Å². The van der Waals surface area contributed by atoms with Gasteiger partial charge in [0.2, 0.25) is 0 Å². The van der Waals surface area contributed by atoms with Gasteiger partial charge in [-0.15, -0.1) is 0 Å². The molecule has 2 heteroatoms. The molecule has 0 aliphatic carbocycles. The quantitative estimate of drug-likeness (QED) is 0.254. The van der Waals surface area contributed by atoms with E-state index in [1.54, 1.807) is 0 Å². The van der Waals surface area contributed by atoms with Crippen LogP contribution in [0.5, 0.6) is 5.75 Å². The second-order valence-electron chi connectivity index (χ2n) is 7.00. The molecule has 0 bridgehead atoms. The number of carbonyl (C=O) groups excluding carboxylic acids is 1. The van der Waals surface area contributed by atoms with E-state index in [2.05, 4.69) is 26.0 Å². The van der Waals surface area contributed by atoms with Crippen molar-refractivity contribution in [3.63, 3.8) is 0 Å². The van der Waals surface area contributed by atoms with Gasteiger partial charge in [-0.2, -0.15) is 0 Å². The van der Waals surface area contributed by atoms with Crippen molar-refractivity contribution in [2.24, 2.45) is 0 Å². The van der Waals surface area contributed by atoms with Gasteiger partial charge in [-0.05, 0) is 61.1 Å². The molecule has 26 heavy (non-hydrogen) atoms. The van der Waals surface area contributed by atoms with Crippen molar-refractivity contribution < 1.29 is 9.53 Å². The van der Waals surface area contributed by atoms with Crippen LogP contribution >= 0.6 is 0 Å². The molecule has 0 amide bonds. The fraction of sp³-hybridized carbons (Fsp3) is 0.458. The molecule has 140 valence electrons. The first-order valence-corrected chi connectivity index (χ1v) is 10.1. The first kappa shape index (κ1) is 20.2. The number of unbranched alkanes of at least 4 members (excludes halogenated alkanes) is 5. The van der Waals surface area contributed by atoms with E-state index >= 15 is 0 Å². The molecule has 0 spiro atoms. The van der Waals surface area contributed by atoms with E-state index in [-0.39, 0.29) is 5.97 Å². The molecule has 0 unspecified atom stereocenters. The van der Waals surface area contributed by atoms with E-state index in [1.807, 2.05) is 36.4 Å². The van der Waals surface area contributed by atoms with Crippen LogP contribution in [0.25, 0.3) is 0 Å². The van der Waals surface area contributed by atoms with Crippen molar-refractivity contribution in [2.45, 2.75) is 71.6 Å². The number of ether oxygens (including phenoxy) is 1. The molecule has 2 aromatic rings. The molecule has 0 heterocycles. The minimum absolute atomic E-state index is 0.292. The van der Waals surface area contributed by atoms with Crippen molar-refractivity contribution in [1.29, 1.82) is 0 Å². The van der Waals surface area contributed by atoms with Crippen molar-refractivity contribution in [2.75, 3.05) is 0 Å². The van der Waals surface area contributed by atoms with Crippen LogP contribution in [0.2, 0.25) is 0 Å². The molecular formula is C24H32O2. The summed E-state index contributed by atoms with van der Waals surface area (Å²) >= 11 is 0. The van der Waals surface area contributed by atoms with Gasteiger partial charge in [-0.3, -0.25) is 0 Å². The Morgan fingerprint density at radius 2 is 1.23 bits per heavy atom. The summed E-state index contributed by atoms with van der Waals surface area (Å²) in [6.07, 6.45) is 11.0. The molecule has 0 aliphatic heterocycles. The molecule has 0 radical (unpaired) electrons. The van der Waals surface area contributed by atoms with Crippen LogP contribution in [-0.4, -0.2) is 5.97 Å². The number of rotatable bonds is 11. The summed E-state index contributed by atoms with van der Waals surface area (Å²) in [4.78, 5) is 12.3. The Bertz CT molecular complexity index is 641. The predicted octanol–water partition coefficient (Wildman–Crippen LogP) is 6.76. The third-order valence-corrected chi connectivity index (χ3v) is 4.71. The summed E-state index contributed by atoms with van der Waals surface area (Å²) in [6.45, 7) is 4.42. The normalized spacial score (nSPS) is 10.7. The molecule has 2 aromatic carbocycles. The van der Waals surface area contributed by atoms with Crippen molar-refractivity contribution >= 4 is 5.97 Å². The number of benzene rings is 2. The fourth-order valence-electron chi connectivity index (χ4n) is 3.01. The van der Waals surface area contributed by atoms with Crippen LogP contribution in [0.4, 0.5) is 0 Å². The highest BCUT2D eigenvalue weighted by Gasteiger charge is 2.08. The zero-order valence-corrected chi connectivity index (χ0v) is 16.3. The standard InChI is InChI=1S/C24H32O2/c1-3-5-7-8-9-11-21-14-18-23(19-15-21)26-24(25)22-16-12-20(13-17-22)10-6-4-2/h12-19H,3-11H2,1-2H3. The number of carbonyl (C=O) groups is 1. The molecule has 0 aromatic heterocycles. The van der Waals surface area contributed by atoms with Gasteiger partial charge < -0.3 is 4.74 Å². The van der Waals surface area contributed by atoms with Crippen LogP contribution in [0.15, 0.2) is 48.5 Å². The lowest BCUT2D eigenvalue weighted by atomic mass is 10.1. The topological polar surface area (TPSA) is 26.3 Å². The van der Waals surface area contributed by atoms with E-state index in [0.717, 1.165) is 12.8 Å². The van der Waals surface area contributed by atoms with Gasteiger partial charge in [0.25, 0.3) is 0 Å². The SMILES string of the molecule is CCCCCCCc1ccc(OC(=O)c2ccc(CCCC)cc2)cc1. The summed E-state index contributed by atoms with van der Waals surface area (Å²) in [5.74, 6) is 0.319. The second kappa shape index (κ2) is 11.5. The molecule has 0 atom stereocenters. The molecular weight excluding hydrogens is 320 g/mol. The maximum Gasteiger partial charge on any atom is 0.343 e. The van der Waals surface area contributed by atoms with Gasteiger partial charge in [0.15, 0.2) is 0 Å². The summed E-state index contributed by atoms with van der Waals surface area (Å²) < 4.78 is 5.50. The average molecular weight is 353 g/mol. The first-order valence-electron chi connectivity index (χ1n) is 10.1. The largest absolute Gasteiger partial charge is 0.423 e. The van der Waals surface area contributed by atoms with Crippen molar-refractivity contribution in [3.8, 4) is 5.75 Å². The van der Waals surface area contributed by atoms with Gasteiger partial charge in [0.05, 0.1) is 5.56 Å². The number of aryl methyl sites for hydroxylation is 2. The lowest BCUT2D eigenvalue weighted by molar-refractivity contribution is 0.0734. The smallest absolute Gasteiger partial charge is 0.343 e. The highest BCUT2D eigenvalue weighted by molar-refractivity contribution is 5.91. The van der Waals surface area contributed by atoms with Crippen LogP contribution < -0.4 is 4.74 Å². The van der Waals surface area contributed by atoms with E-state index in [9.17, 15) is 4.79 Å². The Hall–Kier alpha value is -2.09. The summed E-state index contributed by atoms with van der Waals surface area (Å²) in [6, 6.07) is 15.7. The summed E-state index contributed by atoms with van der Waals surface area (Å²) in [5.41, 5.74) is 3.18. The third kappa shape index (κ3) is 7.03. The van der Waals surface area contributed by atoms with Gasteiger partial charge in [0.1, 0.15) is 5.75 Å². The minimum Gasteiger partial charge on any atom is -0.423 e. The van der Waals surface area contributed by atoms with Crippen LogP contribution in [0, 0.1) is 0 Å². The van der Waals surface area contributed by atoms with Crippen LogP contribution in [0.1, 0.15) is 80.3 Å². The second-order valence-corrected chi connectivity index (χ2v) is 7.00. The highest BCUT2D eigenvalue weighted by atomic mass is 16.5. The number of esters is 1. The van der Waals surface area contributed by atoms with Gasteiger partial charge in [0, 0.05) is 0 Å². The molecule has 2 rings (SSSR count). The van der Waals surface area contributed by atoms with Crippen molar-refractivity contribution in [3.05, 3.63) is 65.2 Å². The minimum atomic E-state index is -0.292. The van der Waals surface area contributed by atoms with Gasteiger partial charge >= 0.3 is 5.97 Å². The Balaban J connectivity index is 1.81.